The molecule has 20 heteroatoms. The summed E-state index contributed by atoms with van der Waals surface area (Å²) in [6.07, 6.45) is -17.2. The van der Waals surface area contributed by atoms with Gasteiger partial charge in [-0.2, -0.15) is 0 Å². The Morgan fingerprint density at radius 3 is 2.08 bits per heavy atom. The highest BCUT2D eigenvalue weighted by Crippen LogP contribution is 2.38. The number of unbranched alkanes of at least 4 members (excludes halogenated alkanes) is 5. The zero-order chi connectivity index (χ0) is 38.7. The van der Waals surface area contributed by atoms with Crippen LogP contribution in [0, 0.1) is 5.92 Å². The molecule has 0 bridgehead atoms. The standard InChI is InChI=1S/C32H57NO19/c1-15-22(40)26(19(14-36)49-29(15)47-10-8-6-4-3-5-7-9-20(39)46-2)50-30-25(43)28(24(42)18(13-35)48-30)52-32(31(44)45)11-16(37)21(33)27(51-32)23(41)17(38)12-34/h15-19,21-30,34-38,40-43H,3-14,33H2,1-2H3,(H,44,45)/t15?,16?,17?,18?,19?,21-,22?,23?,24+,25?,26-,27?,28?,29-,30?,32+/m1/s1. The number of ether oxygens (including phenoxy) is 7. The Morgan fingerprint density at radius 1 is 0.865 bits per heavy atom. The number of hydrogen-bond donors (Lipinski definition) is 11. The molecule has 52 heavy (non-hydrogen) atoms. The normalized spacial score (nSPS) is 39.5. The number of aliphatic carboxylic acids is 1. The monoisotopic (exact) mass is 759 g/mol. The van der Waals surface area contributed by atoms with Crippen LogP contribution in [0.5, 0.6) is 0 Å². The molecule has 0 aromatic rings. The van der Waals surface area contributed by atoms with E-state index >= 15 is 0 Å². The zero-order valence-corrected chi connectivity index (χ0v) is 29.4. The van der Waals surface area contributed by atoms with Gasteiger partial charge in [0.1, 0.15) is 54.9 Å². The van der Waals surface area contributed by atoms with E-state index in [4.69, 9.17) is 34.2 Å². The van der Waals surface area contributed by atoms with E-state index in [2.05, 4.69) is 4.74 Å². The molecule has 12 N–H and O–H groups in total. The molecule has 20 nitrogen and oxygen atoms in total. The Kier molecular flexibility index (Phi) is 17.9. The number of carboxylic acids is 1. The van der Waals surface area contributed by atoms with Crippen LogP contribution in [0.3, 0.4) is 0 Å². The van der Waals surface area contributed by atoms with E-state index in [1.54, 1.807) is 6.92 Å². The average molecular weight is 760 g/mol. The predicted octanol–water partition coefficient (Wildman–Crippen LogP) is -4.20. The number of carbonyl (C=O) groups is 2. The molecule has 3 heterocycles. The van der Waals surface area contributed by atoms with E-state index in [1.165, 1.54) is 7.11 Å². The van der Waals surface area contributed by atoms with Gasteiger partial charge in [-0.1, -0.05) is 32.6 Å². The van der Waals surface area contributed by atoms with Crippen LogP contribution in [-0.4, -0.2) is 188 Å². The number of methoxy groups -OCH3 is 1. The minimum atomic E-state index is -2.91. The van der Waals surface area contributed by atoms with E-state index in [1.807, 2.05) is 0 Å². The van der Waals surface area contributed by atoms with Crippen LogP contribution in [0.15, 0.2) is 0 Å². The molecule has 3 aliphatic rings. The Bertz CT molecular complexity index is 1090. The maximum absolute atomic E-state index is 12.6. The third kappa shape index (κ3) is 11.0. The van der Waals surface area contributed by atoms with E-state index < -0.39 is 130 Å². The first-order valence-electron chi connectivity index (χ1n) is 17.6. The topological polar surface area (TPSA) is 327 Å². The molecule has 0 aromatic heterocycles. The van der Waals surface area contributed by atoms with Crippen molar-refractivity contribution in [3.05, 3.63) is 0 Å². The van der Waals surface area contributed by atoms with Gasteiger partial charge in [0.2, 0.25) is 0 Å². The fraction of sp³-hybridized carbons (Fsp3) is 0.938. The summed E-state index contributed by atoms with van der Waals surface area (Å²) in [5.74, 6) is -5.76. The first-order chi connectivity index (χ1) is 24.7. The molecule has 0 saturated carbocycles. The van der Waals surface area contributed by atoms with Gasteiger partial charge in [-0.25, -0.2) is 4.79 Å². The van der Waals surface area contributed by atoms with Crippen molar-refractivity contribution >= 4 is 11.9 Å². The van der Waals surface area contributed by atoms with Crippen molar-refractivity contribution in [2.75, 3.05) is 33.5 Å². The molecule has 0 amide bonds. The number of aliphatic hydroxyl groups is 9. The minimum absolute atomic E-state index is 0.236. The Morgan fingerprint density at radius 2 is 1.48 bits per heavy atom. The molecule has 3 aliphatic heterocycles. The first kappa shape index (κ1) is 44.7. The van der Waals surface area contributed by atoms with E-state index in [9.17, 15) is 60.7 Å². The number of rotatable bonds is 20. The number of esters is 1. The third-order valence-corrected chi connectivity index (χ3v) is 9.76. The van der Waals surface area contributed by atoms with Crippen molar-refractivity contribution in [1.29, 1.82) is 0 Å². The Balaban J connectivity index is 1.67. The highest BCUT2D eigenvalue weighted by molar-refractivity contribution is 5.76. The summed E-state index contributed by atoms with van der Waals surface area (Å²) in [5.41, 5.74) is 5.90. The molecule has 0 spiro atoms. The van der Waals surface area contributed by atoms with Gasteiger partial charge in [0.15, 0.2) is 12.6 Å². The lowest BCUT2D eigenvalue weighted by atomic mass is 9.88. The molecule has 0 radical (unpaired) electrons. The minimum Gasteiger partial charge on any atom is -0.477 e. The molecule has 3 fully saturated rings. The average Bonchev–Trinajstić information content (AvgIpc) is 3.13. The van der Waals surface area contributed by atoms with Crippen LogP contribution in [0.1, 0.15) is 58.3 Å². The molecule has 3 saturated heterocycles. The van der Waals surface area contributed by atoms with Crippen LogP contribution in [0.25, 0.3) is 0 Å². The number of hydrogen-bond acceptors (Lipinski definition) is 19. The SMILES string of the molecule is COC(=O)CCCCCCCCO[C@@H]1OC(CO)[C@@H](OC2OC(CO)[C@H](O)C(O[C@]3(C(=O)O)CC(O)[C@@H](N)C(C(O)C(O)CO)O3)C2O)C(O)C1C. The lowest BCUT2D eigenvalue weighted by molar-refractivity contribution is -0.384. The summed E-state index contributed by atoms with van der Waals surface area (Å²) in [5, 5.41) is 104. The maximum Gasteiger partial charge on any atom is 0.364 e. The van der Waals surface area contributed by atoms with Gasteiger partial charge in [-0.05, 0) is 12.8 Å². The van der Waals surface area contributed by atoms with Crippen LogP contribution in [0.2, 0.25) is 0 Å². The largest absolute Gasteiger partial charge is 0.477 e. The number of aliphatic hydroxyl groups excluding tert-OH is 9. The second-order valence-electron chi connectivity index (χ2n) is 13.5. The molecule has 3 rings (SSSR count). The Labute approximate surface area is 300 Å². The van der Waals surface area contributed by atoms with Crippen molar-refractivity contribution in [1.82, 2.24) is 0 Å². The third-order valence-electron chi connectivity index (χ3n) is 9.76. The summed E-state index contributed by atoms with van der Waals surface area (Å²) < 4.78 is 38.9. The van der Waals surface area contributed by atoms with Gasteiger partial charge in [0, 0.05) is 25.4 Å². The van der Waals surface area contributed by atoms with E-state index in [-0.39, 0.29) is 12.6 Å². The van der Waals surface area contributed by atoms with Crippen LogP contribution in [-0.2, 0) is 42.7 Å². The van der Waals surface area contributed by atoms with Crippen molar-refractivity contribution in [3.8, 4) is 0 Å². The molecule has 0 aromatic carbocycles. The fourth-order valence-electron chi connectivity index (χ4n) is 6.48. The highest BCUT2D eigenvalue weighted by atomic mass is 16.8. The molecule has 304 valence electrons. The summed E-state index contributed by atoms with van der Waals surface area (Å²) in [7, 11) is 1.35. The second kappa shape index (κ2) is 20.8. The second-order valence-corrected chi connectivity index (χ2v) is 13.5. The summed E-state index contributed by atoms with van der Waals surface area (Å²) in [6.45, 7) is -0.642. The van der Waals surface area contributed by atoms with E-state index in [0.29, 0.717) is 12.8 Å². The molecule has 0 aliphatic carbocycles. The van der Waals surface area contributed by atoms with Gasteiger partial charge in [-0.15, -0.1) is 0 Å². The van der Waals surface area contributed by atoms with Gasteiger partial charge < -0.3 is 90.0 Å². The van der Waals surface area contributed by atoms with E-state index in [0.717, 1.165) is 32.1 Å². The molecule has 11 unspecified atom stereocenters. The molecular weight excluding hydrogens is 702 g/mol. The zero-order valence-electron chi connectivity index (χ0n) is 29.4. The lowest BCUT2D eigenvalue weighted by Gasteiger charge is -2.50. The van der Waals surface area contributed by atoms with Gasteiger partial charge in [0.05, 0.1) is 45.2 Å². The summed E-state index contributed by atoms with van der Waals surface area (Å²) in [6, 6.07) is -1.47. The molecule has 16 atom stereocenters. The fourth-order valence-corrected chi connectivity index (χ4v) is 6.48. The Hall–Kier alpha value is -1.70. The summed E-state index contributed by atoms with van der Waals surface area (Å²) >= 11 is 0. The van der Waals surface area contributed by atoms with Crippen LogP contribution < -0.4 is 5.73 Å². The number of carbonyl (C=O) groups excluding carboxylic acids is 1. The predicted molar refractivity (Wildman–Crippen MR) is 172 cm³/mol. The number of nitrogens with two attached hydrogens (primary N) is 1. The maximum atomic E-state index is 12.6. The molecular formula is C32H57NO19. The highest BCUT2D eigenvalue weighted by Gasteiger charge is 2.59. The smallest absolute Gasteiger partial charge is 0.364 e. The lowest BCUT2D eigenvalue weighted by Crippen LogP contribution is -2.70. The quantitative estimate of drug-likeness (QED) is 0.0414. The van der Waals surface area contributed by atoms with Crippen molar-refractivity contribution < 1.29 is 93.8 Å². The van der Waals surface area contributed by atoms with Crippen LogP contribution >= 0.6 is 0 Å². The number of carboxylic acid groups (broad SMARTS) is 1. The van der Waals surface area contributed by atoms with Crippen LogP contribution in [0.4, 0.5) is 0 Å². The van der Waals surface area contributed by atoms with Gasteiger partial charge in [-0.3, -0.25) is 4.79 Å². The summed E-state index contributed by atoms with van der Waals surface area (Å²) in [4.78, 5) is 23.8. The van der Waals surface area contributed by atoms with Crippen molar-refractivity contribution in [3.63, 3.8) is 0 Å². The first-order valence-corrected chi connectivity index (χ1v) is 17.6. The van der Waals surface area contributed by atoms with Crippen molar-refractivity contribution in [2.24, 2.45) is 11.7 Å². The van der Waals surface area contributed by atoms with Gasteiger partial charge >= 0.3 is 11.9 Å². The van der Waals surface area contributed by atoms with Gasteiger partial charge in [0.25, 0.3) is 5.79 Å². The van der Waals surface area contributed by atoms with Crippen molar-refractivity contribution in [2.45, 2.75) is 150 Å².